The van der Waals surface area contributed by atoms with Crippen molar-refractivity contribution in [2.24, 2.45) is 0 Å². The summed E-state index contributed by atoms with van der Waals surface area (Å²) < 4.78 is 0. The summed E-state index contributed by atoms with van der Waals surface area (Å²) in [6, 6.07) is 5.67. The van der Waals surface area contributed by atoms with Gasteiger partial charge in [0.15, 0.2) is 0 Å². The van der Waals surface area contributed by atoms with Crippen LogP contribution < -0.4 is 0 Å². The van der Waals surface area contributed by atoms with Gasteiger partial charge in [-0.3, -0.25) is 4.79 Å². The van der Waals surface area contributed by atoms with Crippen molar-refractivity contribution in [1.29, 1.82) is 0 Å². The highest BCUT2D eigenvalue weighted by Gasteiger charge is 2.04. The van der Waals surface area contributed by atoms with E-state index in [-0.39, 0.29) is 5.78 Å². The number of benzene rings is 1. The number of rotatable bonds is 3. The third-order valence-corrected chi connectivity index (χ3v) is 2.34. The maximum Gasteiger partial charge on any atom is 0.134 e. The number of Topliss-reactive ketones (excluding diaryl/α,β-unsaturated/α-hetero) is 1. The highest BCUT2D eigenvalue weighted by Crippen LogP contribution is 2.17. The van der Waals surface area contributed by atoms with E-state index in [1.165, 1.54) is 0 Å². The molecule has 0 aliphatic heterocycles. The molecule has 0 atom stereocenters. The van der Waals surface area contributed by atoms with Crippen molar-refractivity contribution in [3.05, 3.63) is 29.3 Å². The first kappa shape index (κ1) is 10.6. The number of halogens is 1. The fourth-order valence-corrected chi connectivity index (χ4v) is 1.66. The lowest BCUT2D eigenvalue weighted by molar-refractivity contribution is -0.116. The summed E-state index contributed by atoms with van der Waals surface area (Å²) in [5.41, 5.74) is 1.99. The zero-order valence-electron chi connectivity index (χ0n) is 7.38. The summed E-state index contributed by atoms with van der Waals surface area (Å²) in [6.07, 6.45) is 0.454. The van der Waals surface area contributed by atoms with Gasteiger partial charge in [-0.25, -0.2) is 0 Å². The molecule has 0 amide bonds. The van der Waals surface area contributed by atoms with Crippen LogP contribution in [-0.2, 0) is 17.1 Å². The van der Waals surface area contributed by atoms with E-state index in [1.54, 1.807) is 6.92 Å². The molecule has 0 aromatic heterocycles. The van der Waals surface area contributed by atoms with Crippen molar-refractivity contribution in [3.8, 4) is 0 Å². The average Bonchev–Trinajstić information content (AvgIpc) is 2.07. The number of hydrogen-bond donors (Lipinski definition) is 1. The zero-order valence-corrected chi connectivity index (χ0v) is 9.03. The molecule has 0 heterocycles. The van der Waals surface area contributed by atoms with Gasteiger partial charge in [-0.05, 0) is 30.2 Å². The molecular formula is C10H11ClOS. The third-order valence-electron chi connectivity index (χ3n) is 1.77. The second kappa shape index (κ2) is 4.68. The molecule has 0 saturated heterocycles. The standard InChI is InChI=1S/C10H11ClOS/c1-7(12)4-8-2-3-10(13)5-9(8)6-11/h2-3,5,13H,4,6H2,1H3. The normalized spacial score (nSPS) is 10.1. The van der Waals surface area contributed by atoms with Crippen LogP contribution in [0.15, 0.2) is 23.1 Å². The van der Waals surface area contributed by atoms with Crippen molar-refractivity contribution in [2.45, 2.75) is 24.1 Å². The quantitative estimate of drug-likeness (QED) is 0.605. The minimum Gasteiger partial charge on any atom is -0.300 e. The number of alkyl halides is 1. The van der Waals surface area contributed by atoms with E-state index in [9.17, 15) is 4.79 Å². The highest BCUT2D eigenvalue weighted by molar-refractivity contribution is 7.80. The highest BCUT2D eigenvalue weighted by atomic mass is 35.5. The Morgan fingerprint density at radius 3 is 2.69 bits per heavy atom. The van der Waals surface area contributed by atoms with Crippen molar-refractivity contribution in [1.82, 2.24) is 0 Å². The first-order valence-corrected chi connectivity index (χ1v) is 4.98. The number of carbonyl (C=O) groups excluding carboxylic acids is 1. The van der Waals surface area contributed by atoms with E-state index >= 15 is 0 Å². The van der Waals surface area contributed by atoms with Crippen LogP contribution in [-0.4, -0.2) is 5.78 Å². The summed E-state index contributed by atoms with van der Waals surface area (Å²) in [5.74, 6) is 0.579. The lowest BCUT2D eigenvalue weighted by Gasteiger charge is -2.05. The van der Waals surface area contributed by atoms with E-state index in [4.69, 9.17) is 11.6 Å². The van der Waals surface area contributed by atoms with Crippen molar-refractivity contribution in [2.75, 3.05) is 0 Å². The summed E-state index contributed by atoms with van der Waals surface area (Å²) >= 11 is 9.94. The average molecular weight is 215 g/mol. The Hall–Kier alpha value is -0.470. The molecular weight excluding hydrogens is 204 g/mol. The molecule has 0 radical (unpaired) electrons. The van der Waals surface area contributed by atoms with Crippen LogP contribution in [0.25, 0.3) is 0 Å². The maximum absolute atomic E-state index is 10.9. The largest absolute Gasteiger partial charge is 0.300 e. The van der Waals surface area contributed by atoms with Gasteiger partial charge < -0.3 is 0 Å². The fourth-order valence-electron chi connectivity index (χ4n) is 1.18. The summed E-state index contributed by atoms with van der Waals surface area (Å²) in [7, 11) is 0. The van der Waals surface area contributed by atoms with E-state index in [1.807, 2.05) is 18.2 Å². The molecule has 0 fully saturated rings. The Labute approximate surface area is 88.5 Å². The molecule has 0 spiro atoms. The molecule has 0 saturated carbocycles. The molecule has 0 N–H and O–H groups in total. The van der Waals surface area contributed by atoms with Gasteiger partial charge in [0.25, 0.3) is 0 Å². The molecule has 0 unspecified atom stereocenters. The van der Waals surface area contributed by atoms with Crippen LogP contribution in [0.3, 0.4) is 0 Å². The lowest BCUT2D eigenvalue weighted by atomic mass is 10.0. The fraction of sp³-hybridized carbons (Fsp3) is 0.300. The molecule has 1 aromatic carbocycles. The van der Waals surface area contributed by atoms with Gasteiger partial charge in [-0.1, -0.05) is 6.07 Å². The van der Waals surface area contributed by atoms with Crippen LogP contribution in [0.4, 0.5) is 0 Å². The molecule has 1 rings (SSSR count). The van der Waals surface area contributed by atoms with E-state index in [0.717, 1.165) is 16.0 Å². The van der Waals surface area contributed by atoms with Crippen LogP contribution in [0.1, 0.15) is 18.1 Å². The molecule has 3 heteroatoms. The third kappa shape index (κ3) is 3.05. The summed E-state index contributed by atoms with van der Waals surface area (Å²) in [6.45, 7) is 1.58. The Morgan fingerprint density at radius 2 is 2.15 bits per heavy atom. The molecule has 13 heavy (non-hydrogen) atoms. The van der Waals surface area contributed by atoms with Crippen LogP contribution >= 0.6 is 24.2 Å². The number of thiol groups is 1. The number of hydrogen-bond acceptors (Lipinski definition) is 2. The van der Waals surface area contributed by atoms with Gasteiger partial charge in [0.05, 0.1) is 0 Å². The van der Waals surface area contributed by atoms with E-state index < -0.39 is 0 Å². The minimum atomic E-state index is 0.151. The Balaban J connectivity index is 2.99. The number of ketones is 1. The Morgan fingerprint density at radius 1 is 1.46 bits per heavy atom. The van der Waals surface area contributed by atoms with Crippen molar-refractivity contribution in [3.63, 3.8) is 0 Å². The van der Waals surface area contributed by atoms with E-state index in [0.29, 0.717) is 12.3 Å². The van der Waals surface area contributed by atoms with Crippen molar-refractivity contribution < 1.29 is 4.79 Å². The SMILES string of the molecule is CC(=O)Cc1ccc(S)cc1CCl. The van der Waals surface area contributed by atoms with E-state index in [2.05, 4.69) is 12.6 Å². The minimum absolute atomic E-state index is 0.151. The van der Waals surface area contributed by atoms with Crippen LogP contribution in [0.5, 0.6) is 0 Å². The van der Waals surface area contributed by atoms with Crippen molar-refractivity contribution >= 4 is 30.0 Å². The zero-order chi connectivity index (χ0) is 9.84. The van der Waals surface area contributed by atoms with Gasteiger partial charge in [0.2, 0.25) is 0 Å². The predicted molar refractivity (Wildman–Crippen MR) is 57.6 cm³/mol. The second-order valence-electron chi connectivity index (χ2n) is 2.97. The van der Waals surface area contributed by atoms with Crippen LogP contribution in [0.2, 0.25) is 0 Å². The molecule has 1 nitrogen and oxygen atoms in total. The predicted octanol–water partition coefficient (Wildman–Crippen LogP) is 2.85. The second-order valence-corrected chi connectivity index (χ2v) is 3.75. The van der Waals surface area contributed by atoms with Gasteiger partial charge >= 0.3 is 0 Å². The van der Waals surface area contributed by atoms with Crippen LogP contribution in [0, 0.1) is 0 Å². The Kier molecular flexibility index (Phi) is 3.82. The van der Waals surface area contributed by atoms with Gasteiger partial charge in [0, 0.05) is 17.2 Å². The molecule has 70 valence electrons. The maximum atomic E-state index is 10.9. The van der Waals surface area contributed by atoms with Gasteiger partial charge in [-0.2, -0.15) is 0 Å². The first-order valence-electron chi connectivity index (χ1n) is 3.99. The topological polar surface area (TPSA) is 17.1 Å². The van der Waals surface area contributed by atoms with Gasteiger partial charge in [0.1, 0.15) is 5.78 Å². The molecule has 0 bridgehead atoms. The monoisotopic (exact) mass is 214 g/mol. The smallest absolute Gasteiger partial charge is 0.134 e. The lowest BCUT2D eigenvalue weighted by Crippen LogP contribution is -1.99. The summed E-state index contributed by atoms with van der Waals surface area (Å²) in [4.78, 5) is 11.8. The summed E-state index contributed by atoms with van der Waals surface area (Å²) in [5, 5.41) is 0. The molecule has 1 aromatic rings. The number of carbonyl (C=O) groups is 1. The molecule has 0 aliphatic carbocycles. The molecule has 0 aliphatic rings. The Bertz CT molecular complexity index is 323. The van der Waals surface area contributed by atoms with Gasteiger partial charge in [-0.15, -0.1) is 24.2 Å². The first-order chi connectivity index (χ1) is 6.13.